The molecule has 150 valence electrons. The Kier molecular flexibility index (Phi) is 5.37. The molecule has 29 heavy (non-hydrogen) atoms. The topological polar surface area (TPSA) is 69.9 Å². The Morgan fingerprint density at radius 2 is 1.69 bits per heavy atom. The quantitative estimate of drug-likeness (QED) is 0.625. The molecule has 0 spiro atoms. The molecule has 0 atom stereocenters. The Bertz CT molecular complexity index is 989. The van der Waals surface area contributed by atoms with Gasteiger partial charge in [0.05, 0.1) is 26.9 Å². The molecule has 2 heterocycles. The van der Waals surface area contributed by atoms with Crippen molar-refractivity contribution in [2.75, 3.05) is 39.3 Å². The van der Waals surface area contributed by atoms with E-state index in [2.05, 4.69) is 21.1 Å². The predicted molar refractivity (Wildman–Crippen MR) is 111 cm³/mol. The van der Waals surface area contributed by atoms with E-state index < -0.39 is 0 Å². The number of rotatable bonds is 6. The van der Waals surface area contributed by atoms with Gasteiger partial charge in [0.25, 0.3) is 0 Å². The van der Waals surface area contributed by atoms with Gasteiger partial charge < -0.3 is 23.6 Å². The second-order valence-electron chi connectivity index (χ2n) is 6.60. The van der Waals surface area contributed by atoms with Crippen LogP contribution in [0.3, 0.4) is 0 Å². The van der Waals surface area contributed by atoms with Gasteiger partial charge in [0.15, 0.2) is 0 Å². The van der Waals surface area contributed by atoms with Crippen molar-refractivity contribution in [2.45, 2.75) is 6.42 Å². The lowest BCUT2D eigenvalue weighted by molar-refractivity contribution is 0.373. The number of hydrogen-bond acceptors (Lipinski definition) is 7. The molecule has 0 bridgehead atoms. The van der Waals surface area contributed by atoms with Crippen LogP contribution in [-0.4, -0.2) is 44.6 Å². The van der Waals surface area contributed by atoms with Gasteiger partial charge in [0, 0.05) is 30.8 Å². The van der Waals surface area contributed by atoms with Crippen LogP contribution < -0.4 is 19.1 Å². The Morgan fingerprint density at radius 3 is 2.28 bits per heavy atom. The van der Waals surface area contributed by atoms with Crippen LogP contribution in [0.15, 0.2) is 53.1 Å². The molecule has 0 radical (unpaired) electrons. The van der Waals surface area contributed by atoms with Gasteiger partial charge in [0.2, 0.25) is 5.82 Å². The fourth-order valence-corrected chi connectivity index (χ4v) is 3.44. The maximum atomic E-state index is 5.59. The zero-order valence-corrected chi connectivity index (χ0v) is 16.7. The van der Waals surface area contributed by atoms with Gasteiger partial charge in [-0.15, -0.1) is 0 Å². The summed E-state index contributed by atoms with van der Waals surface area (Å²) in [5.41, 5.74) is 3.04. The minimum Gasteiger partial charge on any atom is -0.496 e. The van der Waals surface area contributed by atoms with Crippen LogP contribution in [0.4, 0.5) is 6.01 Å². The van der Waals surface area contributed by atoms with Crippen LogP contribution in [-0.2, 0) is 0 Å². The van der Waals surface area contributed by atoms with E-state index in [1.807, 2.05) is 42.5 Å². The molecule has 0 N–H and O–H groups in total. The molecule has 0 aliphatic carbocycles. The highest BCUT2D eigenvalue weighted by atomic mass is 16.5. The van der Waals surface area contributed by atoms with Crippen molar-refractivity contribution in [1.82, 2.24) is 10.1 Å². The highest BCUT2D eigenvalue weighted by Gasteiger charge is 2.23. The second kappa shape index (κ2) is 8.26. The smallest absolute Gasteiger partial charge is 0.324 e. The highest BCUT2D eigenvalue weighted by molar-refractivity contribution is 5.78. The summed E-state index contributed by atoms with van der Waals surface area (Å²) >= 11 is 0. The van der Waals surface area contributed by atoms with Crippen molar-refractivity contribution in [3.8, 4) is 28.6 Å². The maximum absolute atomic E-state index is 5.59. The summed E-state index contributed by atoms with van der Waals surface area (Å²) in [6.45, 7) is 1.41. The number of benzene rings is 2. The average Bonchev–Trinajstić information content (AvgIpc) is 3.29. The molecule has 0 unspecified atom stereocenters. The van der Waals surface area contributed by atoms with E-state index in [0.717, 1.165) is 41.2 Å². The van der Waals surface area contributed by atoms with Crippen molar-refractivity contribution in [1.29, 1.82) is 0 Å². The van der Waals surface area contributed by atoms with Crippen LogP contribution >= 0.6 is 0 Å². The fourth-order valence-electron chi connectivity index (χ4n) is 3.44. The number of hydrogen-bond donors (Lipinski definition) is 0. The van der Waals surface area contributed by atoms with E-state index in [9.17, 15) is 0 Å². The third-order valence-electron chi connectivity index (χ3n) is 4.96. The van der Waals surface area contributed by atoms with Gasteiger partial charge >= 0.3 is 6.01 Å². The van der Waals surface area contributed by atoms with E-state index in [0.29, 0.717) is 24.1 Å². The van der Waals surface area contributed by atoms with Gasteiger partial charge in [-0.05, 0) is 12.0 Å². The van der Waals surface area contributed by atoms with Gasteiger partial charge in [-0.1, -0.05) is 41.6 Å². The second-order valence-corrected chi connectivity index (χ2v) is 6.60. The Hall–Kier alpha value is -3.48. The number of methoxy groups -OCH3 is 3. The molecule has 0 saturated carbocycles. The van der Waals surface area contributed by atoms with Crippen molar-refractivity contribution in [2.24, 2.45) is 0 Å². The standard InChI is InChI=1S/C22H23N3O4/c1-26-17-13-18(27-2)20(19(14-17)28-3)15-9-11-25(12-10-15)22-23-21(24-29-22)16-7-5-4-6-8-16/h4-9,13-14H,10-12H2,1-3H3. The molecular formula is C22H23N3O4. The summed E-state index contributed by atoms with van der Waals surface area (Å²) in [4.78, 5) is 6.61. The summed E-state index contributed by atoms with van der Waals surface area (Å²) in [5, 5.41) is 4.11. The zero-order chi connectivity index (χ0) is 20.2. The molecule has 7 nitrogen and oxygen atoms in total. The molecule has 0 fully saturated rings. The monoisotopic (exact) mass is 393 g/mol. The minimum atomic E-state index is 0.521. The summed E-state index contributed by atoms with van der Waals surface area (Å²) in [5.74, 6) is 2.74. The first-order valence-electron chi connectivity index (χ1n) is 9.37. The van der Waals surface area contributed by atoms with Gasteiger partial charge in [0.1, 0.15) is 17.2 Å². The summed E-state index contributed by atoms with van der Waals surface area (Å²) in [6, 6.07) is 14.1. The maximum Gasteiger partial charge on any atom is 0.324 e. The normalized spacial score (nSPS) is 13.8. The fraction of sp³-hybridized carbons (Fsp3) is 0.273. The number of ether oxygens (including phenoxy) is 3. The molecule has 0 amide bonds. The summed E-state index contributed by atoms with van der Waals surface area (Å²) in [7, 11) is 4.92. The third-order valence-corrected chi connectivity index (χ3v) is 4.96. The van der Waals surface area contributed by atoms with Gasteiger partial charge in [-0.2, -0.15) is 4.98 Å². The first kappa shape index (κ1) is 18.9. The first-order chi connectivity index (χ1) is 14.2. The third kappa shape index (κ3) is 3.76. The van der Waals surface area contributed by atoms with Gasteiger partial charge in [-0.25, -0.2) is 0 Å². The van der Waals surface area contributed by atoms with E-state index in [-0.39, 0.29) is 0 Å². The Balaban J connectivity index is 1.57. The van der Waals surface area contributed by atoms with Crippen LogP contribution in [0.2, 0.25) is 0 Å². The van der Waals surface area contributed by atoms with Crippen LogP contribution in [0, 0.1) is 0 Å². The molecule has 7 heteroatoms. The molecule has 0 saturated heterocycles. The summed E-state index contributed by atoms with van der Waals surface area (Å²) in [6.07, 6.45) is 2.94. The lowest BCUT2D eigenvalue weighted by atomic mass is 9.97. The number of aromatic nitrogens is 2. The van der Waals surface area contributed by atoms with Crippen LogP contribution in [0.5, 0.6) is 17.2 Å². The highest BCUT2D eigenvalue weighted by Crippen LogP contribution is 2.41. The Labute approximate surface area is 169 Å². The van der Waals surface area contributed by atoms with Crippen molar-refractivity contribution < 1.29 is 18.7 Å². The van der Waals surface area contributed by atoms with Crippen LogP contribution in [0.1, 0.15) is 12.0 Å². The molecule has 1 aromatic heterocycles. The summed E-state index contributed by atoms with van der Waals surface area (Å²) < 4.78 is 22.0. The Morgan fingerprint density at radius 1 is 0.966 bits per heavy atom. The van der Waals surface area contributed by atoms with E-state index in [1.165, 1.54) is 0 Å². The lowest BCUT2D eigenvalue weighted by Crippen LogP contribution is -2.28. The SMILES string of the molecule is COc1cc(OC)c(C2=CCN(c3nc(-c4ccccc4)no3)CC2)c(OC)c1. The van der Waals surface area contributed by atoms with Gasteiger partial charge in [-0.3, -0.25) is 0 Å². The van der Waals surface area contributed by atoms with Crippen molar-refractivity contribution in [3.63, 3.8) is 0 Å². The van der Waals surface area contributed by atoms with E-state index in [4.69, 9.17) is 18.7 Å². The van der Waals surface area contributed by atoms with Crippen molar-refractivity contribution in [3.05, 3.63) is 54.1 Å². The van der Waals surface area contributed by atoms with E-state index in [1.54, 1.807) is 21.3 Å². The number of anilines is 1. The average molecular weight is 393 g/mol. The zero-order valence-electron chi connectivity index (χ0n) is 16.7. The van der Waals surface area contributed by atoms with E-state index >= 15 is 0 Å². The molecule has 1 aliphatic heterocycles. The predicted octanol–water partition coefficient (Wildman–Crippen LogP) is 4.06. The van der Waals surface area contributed by atoms with Crippen LogP contribution in [0.25, 0.3) is 17.0 Å². The largest absolute Gasteiger partial charge is 0.496 e. The van der Waals surface area contributed by atoms with Crippen molar-refractivity contribution >= 4 is 11.6 Å². The minimum absolute atomic E-state index is 0.521. The molecule has 4 rings (SSSR count). The molecule has 2 aromatic carbocycles. The molecule has 3 aromatic rings. The lowest BCUT2D eigenvalue weighted by Gasteiger charge is -2.26. The first-order valence-corrected chi connectivity index (χ1v) is 9.37. The molecule has 1 aliphatic rings. The molecular weight excluding hydrogens is 370 g/mol. The number of nitrogens with zero attached hydrogens (tertiary/aromatic N) is 3.